The van der Waals surface area contributed by atoms with E-state index in [1.165, 1.54) is 0 Å². The molecule has 0 atom stereocenters. The standard InChI is InChI=1S/C18H16N2O2/c1-12-7-9-14(10-8-12)18(21)20-19-13(2)17-11-15-5-3-4-6-16(15)22-17/h3-11H,1-2H3,(H,20,21)/b19-13-. The number of nitrogens with zero attached hydrogens (tertiary/aromatic N) is 1. The third kappa shape index (κ3) is 2.91. The Morgan fingerprint density at radius 3 is 2.55 bits per heavy atom. The first kappa shape index (κ1) is 14.1. The van der Waals surface area contributed by atoms with Gasteiger partial charge < -0.3 is 4.42 Å². The van der Waals surface area contributed by atoms with Crippen LogP contribution in [0.5, 0.6) is 0 Å². The molecule has 1 N–H and O–H groups in total. The van der Waals surface area contributed by atoms with E-state index in [1.807, 2.05) is 49.4 Å². The van der Waals surface area contributed by atoms with E-state index in [9.17, 15) is 4.79 Å². The van der Waals surface area contributed by atoms with Crippen LogP contribution in [-0.2, 0) is 0 Å². The van der Waals surface area contributed by atoms with Crippen LogP contribution in [0.4, 0.5) is 0 Å². The zero-order valence-corrected chi connectivity index (χ0v) is 12.5. The molecule has 0 fully saturated rings. The number of benzene rings is 2. The summed E-state index contributed by atoms with van der Waals surface area (Å²) < 4.78 is 5.70. The third-order valence-electron chi connectivity index (χ3n) is 3.42. The van der Waals surface area contributed by atoms with Crippen LogP contribution in [0.15, 0.2) is 64.1 Å². The van der Waals surface area contributed by atoms with E-state index >= 15 is 0 Å². The highest BCUT2D eigenvalue weighted by molar-refractivity contribution is 6.01. The van der Waals surface area contributed by atoms with Crippen molar-refractivity contribution in [3.63, 3.8) is 0 Å². The molecule has 22 heavy (non-hydrogen) atoms. The molecule has 0 radical (unpaired) electrons. The van der Waals surface area contributed by atoms with Crippen molar-refractivity contribution < 1.29 is 9.21 Å². The number of hydrogen-bond donors (Lipinski definition) is 1. The summed E-state index contributed by atoms with van der Waals surface area (Å²) in [4.78, 5) is 12.0. The number of carbonyl (C=O) groups excluding carboxylic acids is 1. The predicted octanol–water partition coefficient (Wildman–Crippen LogP) is 3.90. The number of furan rings is 1. The Kier molecular flexibility index (Phi) is 3.74. The van der Waals surface area contributed by atoms with Crippen molar-refractivity contribution in [2.24, 2.45) is 5.10 Å². The number of amides is 1. The maximum atomic E-state index is 12.0. The summed E-state index contributed by atoms with van der Waals surface area (Å²) in [5, 5.41) is 5.12. The van der Waals surface area contributed by atoms with Gasteiger partial charge in [-0.3, -0.25) is 4.79 Å². The molecule has 2 aromatic carbocycles. The second-order valence-corrected chi connectivity index (χ2v) is 5.15. The van der Waals surface area contributed by atoms with Crippen molar-refractivity contribution >= 4 is 22.6 Å². The molecular formula is C18H16N2O2. The van der Waals surface area contributed by atoms with Crippen molar-refractivity contribution in [1.82, 2.24) is 5.43 Å². The number of nitrogens with one attached hydrogen (secondary N) is 1. The van der Waals surface area contributed by atoms with Gasteiger partial charge in [0.2, 0.25) is 0 Å². The minimum atomic E-state index is -0.240. The highest BCUT2D eigenvalue weighted by atomic mass is 16.3. The summed E-state index contributed by atoms with van der Waals surface area (Å²) in [7, 11) is 0. The van der Waals surface area contributed by atoms with E-state index in [0.29, 0.717) is 17.0 Å². The second kappa shape index (κ2) is 5.85. The van der Waals surface area contributed by atoms with Gasteiger partial charge in [0, 0.05) is 10.9 Å². The molecule has 0 saturated heterocycles. The van der Waals surface area contributed by atoms with E-state index in [0.717, 1.165) is 16.5 Å². The van der Waals surface area contributed by atoms with Gasteiger partial charge in [0.15, 0.2) is 5.76 Å². The number of para-hydroxylation sites is 1. The molecule has 1 heterocycles. The molecule has 0 saturated carbocycles. The molecule has 0 spiro atoms. The normalized spacial score (nSPS) is 11.6. The molecule has 0 unspecified atom stereocenters. The van der Waals surface area contributed by atoms with Gasteiger partial charge in [-0.1, -0.05) is 35.9 Å². The fraction of sp³-hybridized carbons (Fsp3) is 0.111. The third-order valence-corrected chi connectivity index (χ3v) is 3.42. The Balaban J connectivity index is 1.76. The Morgan fingerprint density at radius 1 is 1.09 bits per heavy atom. The van der Waals surface area contributed by atoms with Crippen LogP contribution >= 0.6 is 0 Å². The summed E-state index contributed by atoms with van der Waals surface area (Å²) in [5.74, 6) is 0.404. The zero-order chi connectivity index (χ0) is 15.5. The van der Waals surface area contributed by atoms with Crippen molar-refractivity contribution in [2.45, 2.75) is 13.8 Å². The maximum absolute atomic E-state index is 12.0. The van der Waals surface area contributed by atoms with Crippen molar-refractivity contribution in [3.8, 4) is 0 Å². The van der Waals surface area contributed by atoms with Crippen molar-refractivity contribution in [3.05, 3.63) is 71.5 Å². The Bertz CT molecular complexity index is 812. The quantitative estimate of drug-likeness (QED) is 0.588. The Morgan fingerprint density at radius 2 is 1.82 bits per heavy atom. The largest absolute Gasteiger partial charge is 0.455 e. The lowest BCUT2D eigenvalue weighted by Gasteiger charge is -2.01. The summed E-state index contributed by atoms with van der Waals surface area (Å²) in [6.45, 7) is 3.78. The highest BCUT2D eigenvalue weighted by Gasteiger charge is 2.08. The van der Waals surface area contributed by atoms with Gasteiger partial charge in [0.1, 0.15) is 11.3 Å². The Hall–Kier alpha value is -2.88. The number of fused-ring (bicyclic) bond motifs is 1. The van der Waals surface area contributed by atoms with Crippen LogP contribution in [0, 0.1) is 6.92 Å². The lowest BCUT2D eigenvalue weighted by molar-refractivity contribution is 0.0955. The van der Waals surface area contributed by atoms with Gasteiger partial charge >= 0.3 is 0 Å². The molecule has 0 bridgehead atoms. The molecule has 0 aliphatic heterocycles. The number of hydrogen-bond acceptors (Lipinski definition) is 3. The summed E-state index contributed by atoms with van der Waals surface area (Å²) in [6.07, 6.45) is 0. The smallest absolute Gasteiger partial charge is 0.271 e. The van der Waals surface area contributed by atoms with Crippen LogP contribution in [0.3, 0.4) is 0 Å². The van der Waals surface area contributed by atoms with Crippen LogP contribution in [0.1, 0.15) is 28.6 Å². The monoisotopic (exact) mass is 292 g/mol. The topological polar surface area (TPSA) is 54.6 Å². The molecule has 3 rings (SSSR count). The number of carbonyl (C=O) groups is 1. The summed E-state index contributed by atoms with van der Waals surface area (Å²) in [6, 6.07) is 17.0. The molecule has 4 nitrogen and oxygen atoms in total. The molecule has 1 aromatic heterocycles. The molecule has 1 amide bonds. The van der Waals surface area contributed by atoms with E-state index in [2.05, 4.69) is 10.5 Å². The molecule has 4 heteroatoms. The van der Waals surface area contributed by atoms with E-state index in [-0.39, 0.29) is 5.91 Å². The van der Waals surface area contributed by atoms with Crippen LogP contribution in [-0.4, -0.2) is 11.6 Å². The maximum Gasteiger partial charge on any atom is 0.271 e. The van der Waals surface area contributed by atoms with Gasteiger partial charge in [0.25, 0.3) is 5.91 Å². The average molecular weight is 292 g/mol. The lowest BCUT2D eigenvalue weighted by atomic mass is 10.1. The minimum absolute atomic E-state index is 0.240. The van der Waals surface area contributed by atoms with Crippen LogP contribution in [0.25, 0.3) is 11.0 Å². The Labute approximate surface area is 128 Å². The summed E-state index contributed by atoms with van der Waals surface area (Å²) >= 11 is 0. The highest BCUT2D eigenvalue weighted by Crippen LogP contribution is 2.19. The van der Waals surface area contributed by atoms with E-state index < -0.39 is 0 Å². The van der Waals surface area contributed by atoms with Gasteiger partial charge in [-0.15, -0.1) is 0 Å². The van der Waals surface area contributed by atoms with E-state index in [4.69, 9.17) is 4.42 Å². The lowest BCUT2D eigenvalue weighted by Crippen LogP contribution is -2.19. The van der Waals surface area contributed by atoms with Crippen molar-refractivity contribution in [1.29, 1.82) is 0 Å². The van der Waals surface area contributed by atoms with Gasteiger partial charge in [0.05, 0.1) is 0 Å². The minimum Gasteiger partial charge on any atom is -0.455 e. The molecule has 3 aromatic rings. The zero-order valence-electron chi connectivity index (χ0n) is 12.5. The first-order valence-electron chi connectivity index (χ1n) is 7.04. The molecular weight excluding hydrogens is 276 g/mol. The first-order valence-corrected chi connectivity index (χ1v) is 7.04. The van der Waals surface area contributed by atoms with Gasteiger partial charge in [-0.25, -0.2) is 5.43 Å². The summed E-state index contributed by atoms with van der Waals surface area (Å²) in [5.41, 5.74) is 5.66. The van der Waals surface area contributed by atoms with Gasteiger partial charge in [-0.05, 0) is 38.1 Å². The predicted molar refractivity (Wildman–Crippen MR) is 87.1 cm³/mol. The average Bonchev–Trinajstić information content (AvgIpc) is 2.97. The fourth-order valence-corrected chi connectivity index (χ4v) is 2.12. The second-order valence-electron chi connectivity index (χ2n) is 5.15. The van der Waals surface area contributed by atoms with Crippen LogP contribution in [0.2, 0.25) is 0 Å². The molecule has 110 valence electrons. The number of rotatable bonds is 3. The van der Waals surface area contributed by atoms with Gasteiger partial charge in [-0.2, -0.15) is 5.10 Å². The number of aryl methyl sites for hydroxylation is 1. The van der Waals surface area contributed by atoms with Crippen LogP contribution < -0.4 is 5.43 Å². The van der Waals surface area contributed by atoms with Crippen molar-refractivity contribution in [2.75, 3.05) is 0 Å². The first-order chi connectivity index (χ1) is 10.6. The number of hydrazone groups is 1. The molecule has 0 aliphatic rings. The fourth-order valence-electron chi connectivity index (χ4n) is 2.12. The SMILES string of the molecule is C/C(=N/NC(=O)c1ccc(C)cc1)c1cc2ccccc2o1. The van der Waals surface area contributed by atoms with E-state index in [1.54, 1.807) is 19.1 Å². The molecule has 0 aliphatic carbocycles.